The number of piperidine rings is 2. The maximum absolute atomic E-state index is 12.5. The predicted molar refractivity (Wildman–Crippen MR) is 212 cm³/mol. The Morgan fingerprint density at radius 1 is 0.620 bits per heavy atom. The smallest absolute Gasteiger partial charge is 0.326 e. The molecule has 0 bridgehead atoms. The SMILES string of the molecule is C.C=CCO[C@H]1CCCN(C(=O)N[C@H](C(=O)O)C2CCCCC2)C1.C=CCO[C@H]1CCCN(C(=O)N[C@H](C(=O)O)C2CCCCC2)C1.S.S.S. The maximum Gasteiger partial charge on any atom is 0.326 e. The fourth-order valence-corrected chi connectivity index (χ4v) is 7.07. The third-order valence-electron chi connectivity index (χ3n) is 9.56. The normalized spacial score (nSPS) is 22.1. The Morgan fingerprint density at radius 2 is 0.960 bits per heavy atom. The van der Waals surface area contributed by atoms with E-state index in [-0.39, 0.29) is 84.0 Å². The third kappa shape index (κ3) is 17.0. The molecule has 2 saturated carbocycles. The first-order valence-electron chi connectivity index (χ1n) is 17.2. The highest BCUT2D eigenvalue weighted by atomic mass is 32.1. The summed E-state index contributed by atoms with van der Waals surface area (Å²) in [7, 11) is 0. The minimum absolute atomic E-state index is 0. The molecule has 0 aromatic heterocycles. The molecule has 292 valence electrons. The Labute approximate surface area is 320 Å². The molecule has 4 fully saturated rings. The number of nitrogens with one attached hydrogen (secondary N) is 2. The van der Waals surface area contributed by atoms with Crippen LogP contribution in [0, 0.1) is 11.8 Å². The molecule has 4 rings (SSSR count). The van der Waals surface area contributed by atoms with Crippen molar-refractivity contribution >= 4 is 64.5 Å². The fraction of sp³-hybridized carbons (Fsp3) is 0.771. The van der Waals surface area contributed by atoms with Gasteiger partial charge in [0.1, 0.15) is 12.1 Å². The van der Waals surface area contributed by atoms with Crippen LogP contribution in [0.3, 0.4) is 0 Å². The first-order chi connectivity index (χ1) is 22.2. The first kappa shape index (κ1) is 50.0. The number of urea groups is 2. The highest BCUT2D eigenvalue weighted by molar-refractivity contribution is 7.59. The number of rotatable bonds is 12. The van der Waals surface area contributed by atoms with Crippen LogP contribution in [-0.2, 0) is 19.1 Å². The first-order valence-corrected chi connectivity index (χ1v) is 17.2. The lowest BCUT2D eigenvalue weighted by molar-refractivity contribution is -0.142. The van der Waals surface area contributed by atoms with Crippen molar-refractivity contribution in [1.29, 1.82) is 0 Å². The zero-order chi connectivity index (χ0) is 33.3. The minimum Gasteiger partial charge on any atom is -0.480 e. The zero-order valence-corrected chi connectivity index (χ0v) is 31.9. The Hall–Kier alpha value is -2.07. The monoisotopic (exact) mass is 766 g/mol. The summed E-state index contributed by atoms with van der Waals surface area (Å²) in [5.74, 6) is -1.77. The summed E-state index contributed by atoms with van der Waals surface area (Å²) in [6, 6.07) is -2.13. The Kier molecular flexibility index (Phi) is 27.6. The number of aliphatic carboxylic acids is 2. The number of carboxylic acid groups (broad SMARTS) is 2. The van der Waals surface area contributed by atoms with E-state index in [2.05, 4.69) is 23.8 Å². The largest absolute Gasteiger partial charge is 0.480 e. The van der Waals surface area contributed by atoms with Gasteiger partial charge in [0, 0.05) is 26.2 Å². The van der Waals surface area contributed by atoms with Gasteiger partial charge < -0.3 is 40.1 Å². The van der Waals surface area contributed by atoms with Gasteiger partial charge in [0.05, 0.1) is 25.4 Å². The van der Waals surface area contributed by atoms with Gasteiger partial charge in [0.15, 0.2) is 0 Å². The Morgan fingerprint density at radius 3 is 1.26 bits per heavy atom. The molecule has 2 aliphatic carbocycles. The average Bonchev–Trinajstić information content (AvgIpc) is 3.08. The molecule has 4 atom stereocenters. The van der Waals surface area contributed by atoms with E-state index >= 15 is 0 Å². The van der Waals surface area contributed by atoms with E-state index in [1.54, 1.807) is 22.0 Å². The van der Waals surface area contributed by atoms with Gasteiger partial charge in [-0.2, -0.15) is 40.5 Å². The molecule has 0 radical (unpaired) electrons. The van der Waals surface area contributed by atoms with Gasteiger partial charge in [-0.3, -0.25) is 0 Å². The van der Waals surface area contributed by atoms with Crippen LogP contribution in [0.2, 0.25) is 0 Å². The van der Waals surface area contributed by atoms with E-state index in [4.69, 9.17) is 9.47 Å². The highest BCUT2D eigenvalue weighted by Crippen LogP contribution is 2.28. The molecule has 2 heterocycles. The lowest BCUT2D eigenvalue weighted by Crippen LogP contribution is -2.54. The summed E-state index contributed by atoms with van der Waals surface area (Å²) in [6.07, 6.45) is 17.0. The van der Waals surface area contributed by atoms with E-state index in [1.165, 1.54) is 0 Å². The van der Waals surface area contributed by atoms with E-state index in [1.807, 2.05) is 0 Å². The van der Waals surface area contributed by atoms with Crippen LogP contribution in [0.4, 0.5) is 9.59 Å². The van der Waals surface area contributed by atoms with Gasteiger partial charge in [-0.05, 0) is 63.2 Å². The van der Waals surface area contributed by atoms with Crippen LogP contribution in [0.15, 0.2) is 25.3 Å². The van der Waals surface area contributed by atoms with Crippen molar-refractivity contribution in [3.63, 3.8) is 0 Å². The van der Waals surface area contributed by atoms with Gasteiger partial charge in [0.25, 0.3) is 0 Å². The topological polar surface area (TPSA) is 158 Å². The molecule has 0 aromatic carbocycles. The van der Waals surface area contributed by atoms with Crippen molar-refractivity contribution in [2.45, 2.75) is 122 Å². The van der Waals surface area contributed by atoms with Crippen molar-refractivity contribution < 1.29 is 38.9 Å². The van der Waals surface area contributed by atoms with Crippen LogP contribution < -0.4 is 10.6 Å². The lowest BCUT2D eigenvalue weighted by Gasteiger charge is -2.35. The van der Waals surface area contributed by atoms with E-state index < -0.39 is 24.0 Å². The number of hydrogen-bond acceptors (Lipinski definition) is 6. The number of ether oxygens (including phenoxy) is 2. The number of carboxylic acids is 2. The molecule has 50 heavy (non-hydrogen) atoms. The molecular formula is C35H66N4O8S3. The molecule has 12 nitrogen and oxygen atoms in total. The third-order valence-corrected chi connectivity index (χ3v) is 9.56. The standard InChI is InChI=1S/2C17H28N2O4.CH4.3H2S/c2*1-2-11-23-14-9-6-10-19(12-14)17(22)18-15(16(20)21)13-7-4-3-5-8-13;;;;/h2*2,13-15H,1,3-12H2,(H,18,22)(H,20,21);1H4;3*1H2/t2*14-,15-;;;;/m00..../s1. The summed E-state index contributed by atoms with van der Waals surface area (Å²) < 4.78 is 11.3. The lowest BCUT2D eigenvalue weighted by atomic mass is 9.84. The van der Waals surface area contributed by atoms with Gasteiger partial charge in [0.2, 0.25) is 0 Å². The van der Waals surface area contributed by atoms with Crippen LogP contribution in [0.5, 0.6) is 0 Å². The summed E-state index contributed by atoms with van der Waals surface area (Å²) in [6.45, 7) is 10.5. The molecule has 2 saturated heterocycles. The number of carbonyl (C=O) groups excluding carboxylic acids is 2. The summed E-state index contributed by atoms with van der Waals surface area (Å²) >= 11 is 0. The highest BCUT2D eigenvalue weighted by Gasteiger charge is 2.34. The maximum atomic E-state index is 12.5. The minimum atomic E-state index is -0.929. The van der Waals surface area contributed by atoms with Crippen molar-refractivity contribution in [3.8, 4) is 0 Å². The quantitative estimate of drug-likeness (QED) is 0.183. The van der Waals surface area contributed by atoms with Crippen LogP contribution in [0.1, 0.15) is 97.3 Å². The number of amides is 4. The molecule has 0 aromatic rings. The second kappa shape index (κ2) is 27.6. The molecular weight excluding hydrogens is 701 g/mol. The van der Waals surface area contributed by atoms with E-state index in [9.17, 15) is 29.4 Å². The van der Waals surface area contributed by atoms with Gasteiger partial charge in [-0.25, -0.2) is 19.2 Å². The number of likely N-dealkylation sites (tertiary alicyclic amines) is 2. The number of carbonyl (C=O) groups is 4. The molecule has 4 amide bonds. The summed E-state index contributed by atoms with van der Waals surface area (Å²) in [5.41, 5.74) is 0. The van der Waals surface area contributed by atoms with Crippen LogP contribution in [-0.4, -0.2) is 108 Å². The van der Waals surface area contributed by atoms with Crippen molar-refractivity contribution in [2.75, 3.05) is 39.4 Å². The molecule has 4 aliphatic rings. The van der Waals surface area contributed by atoms with Crippen LogP contribution >= 0.6 is 40.5 Å². The number of hydrogen-bond donors (Lipinski definition) is 4. The van der Waals surface area contributed by atoms with E-state index in [0.29, 0.717) is 39.4 Å². The zero-order valence-electron chi connectivity index (χ0n) is 28.9. The Bertz CT molecular complexity index is 936. The molecule has 4 N–H and O–H groups in total. The van der Waals surface area contributed by atoms with Gasteiger partial charge in [-0.15, -0.1) is 13.2 Å². The predicted octanol–water partition coefficient (Wildman–Crippen LogP) is 5.77. The Balaban J connectivity index is 0. The summed E-state index contributed by atoms with van der Waals surface area (Å²) in [4.78, 5) is 51.4. The van der Waals surface area contributed by atoms with Crippen LogP contribution in [0.25, 0.3) is 0 Å². The molecule has 15 heteroatoms. The van der Waals surface area contributed by atoms with Gasteiger partial charge >= 0.3 is 24.0 Å². The van der Waals surface area contributed by atoms with Gasteiger partial charge in [-0.1, -0.05) is 58.1 Å². The fourth-order valence-electron chi connectivity index (χ4n) is 7.07. The molecule has 0 spiro atoms. The molecule has 0 unspecified atom stereocenters. The second-order valence-electron chi connectivity index (χ2n) is 13.0. The van der Waals surface area contributed by atoms with Crippen molar-refractivity contribution in [2.24, 2.45) is 11.8 Å². The van der Waals surface area contributed by atoms with Crippen molar-refractivity contribution in [1.82, 2.24) is 20.4 Å². The summed E-state index contributed by atoms with van der Waals surface area (Å²) in [5, 5.41) is 24.4. The number of nitrogens with zero attached hydrogens (tertiary/aromatic N) is 2. The van der Waals surface area contributed by atoms with Crippen molar-refractivity contribution in [3.05, 3.63) is 25.3 Å². The molecule has 2 aliphatic heterocycles. The van der Waals surface area contributed by atoms with E-state index in [0.717, 1.165) is 89.9 Å². The average molecular weight is 767 g/mol. The second-order valence-corrected chi connectivity index (χ2v) is 13.0.